The van der Waals surface area contributed by atoms with Crippen LogP contribution in [0.1, 0.15) is 23.1 Å². The van der Waals surface area contributed by atoms with E-state index in [-0.39, 0.29) is 23.1 Å². The third-order valence-corrected chi connectivity index (χ3v) is 8.74. The van der Waals surface area contributed by atoms with Crippen molar-refractivity contribution in [2.45, 2.75) is 37.7 Å². The van der Waals surface area contributed by atoms with Gasteiger partial charge in [0, 0.05) is 62.1 Å². The molecule has 5 rings (SSSR count). The van der Waals surface area contributed by atoms with Gasteiger partial charge in [0.05, 0.1) is 10.6 Å². The molecule has 0 saturated carbocycles. The Bertz CT molecular complexity index is 1450. The van der Waals surface area contributed by atoms with Crippen LogP contribution < -0.4 is 19.7 Å². The predicted octanol–water partition coefficient (Wildman–Crippen LogP) is 3.55. The summed E-state index contributed by atoms with van der Waals surface area (Å²) in [5.74, 6) is 0.309. The summed E-state index contributed by atoms with van der Waals surface area (Å²) >= 11 is 0. The fraction of sp³-hybridized carbons (Fsp3) is 0.367. The lowest BCUT2D eigenvalue weighted by Gasteiger charge is -2.37. The number of benzene rings is 3. The van der Waals surface area contributed by atoms with E-state index in [4.69, 9.17) is 4.74 Å². The Morgan fingerprint density at radius 2 is 1.60 bits per heavy atom. The van der Waals surface area contributed by atoms with Crippen LogP contribution in [0.4, 0.5) is 17.1 Å². The molecule has 1 saturated heterocycles. The van der Waals surface area contributed by atoms with Gasteiger partial charge in [0.25, 0.3) is 10.0 Å². The number of rotatable bonds is 9. The number of β-amino-alcohol motifs (C(OH)–C–C–N with tert-alkyl or cyclic N) is 1. The second-order valence-corrected chi connectivity index (χ2v) is 12.2. The summed E-state index contributed by atoms with van der Waals surface area (Å²) in [6, 6.07) is 18.3. The van der Waals surface area contributed by atoms with E-state index >= 15 is 0 Å². The molecule has 0 aliphatic carbocycles. The molecule has 212 valence electrons. The second kappa shape index (κ2) is 11.9. The molecule has 40 heavy (non-hydrogen) atoms. The molecule has 0 aromatic heterocycles. The highest BCUT2D eigenvalue weighted by Crippen LogP contribution is 2.36. The average molecular weight is 565 g/mol. The highest BCUT2D eigenvalue weighted by molar-refractivity contribution is 7.92. The van der Waals surface area contributed by atoms with Gasteiger partial charge in [-0.25, -0.2) is 8.42 Å². The number of fused-ring (bicyclic) bond motifs is 1. The number of aryl methyl sites for hydroxylation is 2. The van der Waals surface area contributed by atoms with Gasteiger partial charge in [-0.05, 0) is 50.6 Å². The van der Waals surface area contributed by atoms with Gasteiger partial charge in [-0.1, -0.05) is 35.4 Å². The van der Waals surface area contributed by atoms with Crippen LogP contribution in [0, 0.1) is 13.8 Å². The lowest BCUT2D eigenvalue weighted by atomic mass is 10.0. The molecule has 10 heteroatoms. The third kappa shape index (κ3) is 6.75. The van der Waals surface area contributed by atoms with E-state index < -0.39 is 16.1 Å². The molecule has 1 atom stereocenters. The fourth-order valence-corrected chi connectivity index (χ4v) is 6.11. The van der Waals surface area contributed by atoms with E-state index in [0.29, 0.717) is 30.8 Å². The Kier molecular flexibility index (Phi) is 8.30. The van der Waals surface area contributed by atoms with Crippen molar-refractivity contribution >= 4 is 33.0 Å². The molecular formula is C30H36N4O5S. The summed E-state index contributed by atoms with van der Waals surface area (Å²) < 4.78 is 34.6. The van der Waals surface area contributed by atoms with Crippen molar-refractivity contribution in [2.75, 3.05) is 54.3 Å². The van der Waals surface area contributed by atoms with Crippen LogP contribution in [0.25, 0.3) is 0 Å². The molecule has 1 fully saturated rings. The number of aliphatic hydroxyl groups excluding tert-OH is 1. The van der Waals surface area contributed by atoms with E-state index in [9.17, 15) is 18.3 Å². The van der Waals surface area contributed by atoms with Gasteiger partial charge in [-0.15, -0.1) is 0 Å². The highest BCUT2D eigenvalue weighted by Gasteiger charge is 2.24. The number of carbonyl (C=O) groups is 1. The molecule has 1 unspecified atom stereocenters. The lowest BCUT2D eigenvalue weighted by Crippen LogP contribution is -2.49. The summed E-state index contributed by atoms with van der Waals surface area (Å²) in [6.07, 6.45) is 0.0529. The van der Waals surface area contributed by atoms with E-state index in [1.54, 1.807) is 36.4 Å². The number of hydrogen-bond donors (Lipinski definition) is 3. The van der Waals surface area contributed by atoms with Gasteiger partial charge in [0.2, 0.25) is 5.91 Å². The van der Waals surface area contributed by atoms with Gasteiger partial charge in [-0.3, -0.25) is 14.4 Å². The van der Waals surface area contributed by atoms with E-state index in [0.717, 1.165) is 37.3 Å². The molecule has 9 nitrogen and oxygen atoms in total. The number of nitrogens with one attached hydrogen (secondary N) is 2. The number of carbonyl (C=O) groups excluding carboxylic acids is 1. The minimum absolute atomic E-state index is 0.0483. The number of hydrogen-bond acceptors (Lipinski definition) is 7. The van der Waals surface area contributed by atoms with Crippen molar-refractivity contribution < 1.29 is 23.1 Å². The van der Waals surface area contributed by atoms with E-state index in [1.807, 2.05) is 6.92 Å². The number of sulfonamides is 1. The lowest BCUT2D eigenvalue weighted by molar-refractivity contribution is -0.116. The monoisotopic (exact) mass is 564 g/mol. The quantitative estimate of drug-likeness (QED) is 0.365. The van der Waals surface area contributed by atoms with Crippen LogP contribution in [0.3, 0.4) is 0 Å². The number of ether oxygens (including phenoxy) is 1. The molecule has 0 spiro atoms. The van der Waals surface area contributed by atoms with Crippen LogP contribution in [0.2, 0.25) is 0 Å². The van der Waals surface area contributed by atoms with Crippen molar-refractivity contribution in [3.05, 3.63) is 77.4 Å². The summed E-state index contributed by atoms with van der Waals surface area (Å²) in [5.41, 5.74) is 4.98. The second-order valence-electron chi connectivity index (χ2n) is 10.6. The zero-order valence-corrected chi connectivity index (χ0v) is 23.7. The van der Waals surface area contributed by atoms with Crippen LogP contribution in [-0.2, 0) is 21.2 Å². The maximum atomic E-state index is 13.0. The first-order valence-electron chi connectivity index (χ1n) is 13.6. The SMILES string of the molecule is Cc1ccc(N2CCN(CC(O)COc3cc(NS(=O)(=O)c4ccc(C)cc4)cc4c3CCC(=O)N4)CC2)cc1. The Hall–Kier alpha value is -3.60. The maximum Gasteiger partial charge on any atom is 0.261 e. The maximum absolute atomic E-state index is 13.0. The Balaban J connectivity index is 1.22. The largest absolute Gasteiger partial charge is 0.490 e. The first-order valence-corrected chi connectivity index (χ1v) is 15.1. The van der Waals surface area contributed by atoms with Gasteiger partial charge in [0.1, 0.15) is 18.5 Å². The number of aliphatic hydroxyl groups is 1. The standard InChI is InChI=1S/C30H36N4O5S/c1-21-3-7-24(8-4-21)34-15-13-33(14-16-34)19-25(35)20-39-29-18-23(17-28-27(29)11-12-30(36)31-28)32-40(37,38)26-9-5-22(2)6-10-26/h3-10,17-18,25,32,35H,11-16,19-20H2,1-2H3,(H,31,36). The predicted molar refractivity (Wildman–Crippen MR) is 157 cm³/mol. The van der Waals surface area contributed by atoms with Gasteiger partial charge in [0.15, 0.2) is 0 Å². The first kappa shape index (κ1) is 27.9. The summed E-state index contributed by atoms with van der Waals surface area (Å²) in [7, 11) is -3.84. The van der Waals surface area contributed by atoms with Crippen molar-refractivity contribution in [1.82, 2.24) is 4.90 Å². The Labute approximate surface area is 235 Å². The van der Waals surface area contributed by atoms with Crippen molar-refractivity contribution in [2.24, 2.45) is 0 Å². The minimum atomic E-state index is -3.84. The zero-order chi connectivity index (χ0) is 28.3. The molecule has 2 aliphatic heterocycles. The van der Waals surface area contributed by atoms with Crippen LogP contribution >= 0.6 is 0 Å². The first-order chi connectivity index (χ1) is 19.2. The van der Waals surface area contributed by atoms with Crippen LogP contribution in [0.15, 0.2) is 65.6 Å². The van der Waals surface area contributed by atoms with E-state index in [1.165, 1.54) is 11.3 Å². The zero-order valence-electron chi connectivity index (χ0n) is 22.9. The van der Waals surface area contributed by atoms with Crippen molar-refractivity contribution in [1.29, 1.82) is 0 Å². The average Bonchev–Trinajstić information content (AvgIpc) is 2.92. The van der Waals surface area contributed by atoms with E-state index in [2.05, 4.69) is 51.0 Å². The molecule has 3 N–H and O–H groups in total. The Morgan fingerprint density at radius 1 is 0.950 bits per heavy atom. The number of piperazine rings is 1. The summed E-state index contributed by atoms with van der Waals surface area (Å²) in [6.45, 7) is 7.93. The van der Waals surface area contributed by atoms with Gasteiger partial charge in [-0.2, -0.15) is 0 Å². The molecule has 3 aromatic rings. The van der Waals surface area contributed by atoms with Crippen molar-refractivity contribution in [3.8, 4) is 5.75 Å². The molecular weight excluding hydrogens is 528 g/mol. The van der Waals surface area contributed by atoms with Crippen molar-refractivity contribution in [3.63, 3.8) is 0 Å². The van der Waals surface area contributed by atoms with Gasteiger partial charge >= 0.3 is 0 Å². The molecule has 3 aromatic carbocycles. The summed E-state index contributed by atoms with van der Waals surface area (Å²) in [5, 5.41) is 13.6. The number of anilines is 3. The third-order valence-electron chi connectivity index (χ3n) is 7.34. The molecule has 0 bridgehead atoms. The van der Waals surface area contributed by atoms with Crippen LogP contribution in [-0.4, -0.2) is 69.8 Å². The highest BCUT2D eigenvalue weighted by atomic mass is 32.2. The topological polar surface area (TPSA) is 111 Å². The smallest absolute Gasteiger partial charge is 0.261 e. The molecule has 2 heterocycles. The summed E-state index contributed by atoms with van der Waals surface area (Å²) in [4.78, 5) is 16.8. The normalized spacial score (nSPS) is 16.7. The Morgan fingerprint density at radius 3 is 2.27 bits per heavy atom. The fourth-order valence-electron chi connectivity index (χ4n) is 5.07. The number of nitrogens with zero attached hydrogens (tertiary/aromatic N) is 2. The van der Waals surface area contributed by atoms with Crippen LogP contribution in [0.5, 0.6) is 5.75 Å². The molecule has 1 amide bonds. The van der Waals surface area contributed by atoms with Gasteiger partial charge < -0.3 is 20.1 Å². The number of amides is 1. The molecule has 0 radical (unpaired) electrons. The molecule has 2 aliphatic rings. The minimum Gasteiger partial charge on any atom is -0.490 e.